The molecule has 3 nitrogen and oxygen atoms in total. The number of aryl methyl sites for hydroxylation is 1. The molecule has 3 heteroatoms. The first kappa shape index (κ1) is 14.7. The number of benzene rings is 2. The number of aliphatic hydroxyl groups is 1. The van der Waals surface area contributed by atoms with Crippen LogP contribution in [0.5, 0.6) is 5.75 Å². The molecule has 2 aromatic rings. The van der Waals surface area contributed by atoms with E-state index in [-0.39, 0.29) is 18.2 Å². The van der Waals surface area contributed by atoms with Gasteiger partial charge in [0, 0.05) is 18.0 Å². The third-order valence-corrected chi connectivity index (χ3v) is 5.02. The fourth-order valence-electron chi connectivity index (χ4n) is 3.84. The fraction of sp³-hybridized carbons (Fsp3) is 0.400. The third-order valence-electron chi connectivity index (χ3n) is 5.02. The van der Waals surface area contributed by atoms with E-state index >= 15 is 0 Å². The zero-order valence-electron chi connectivity index (χ0n) is 13.5. The van der Waals surface area contributed by atoms with E-state index in [0.29, 0.717) is 0 Å². The number of rotatable bonds is 2. The van der Waals surface area contributed by atoms with Crippen molar-refractivity contribution < 1.29 is 9.84 Å². The summed E-state index contributed by atoms with van der Waals surface area (Å²) >= 11 is 0. The lowest BCUT2D eigenvalue weighted by Crippen LogP contribution is -2.32. The SMILES string of the molecule is Cc1ccc2c(c1)OCCCC2NC1c2ccccc2CC1O. The number of fused-ring (bicyclic) bond motifs is 2. The maximum atomic E-state index is 10.5. The summed E-state index contributed by atoms with van der Waals surface area (Å²) in [5.74, 6) is 0.987. The van der Waals surface area contributed by atoms with Crippen LogP contribution in [0.2, 0.25) is 0 Å². The first-order chi connectivity index (χ1) is 11.2. The van der Waals surface area contributed by atoms with Gasteiger partial charge >= 0.3 is 0 Å². The molecular weight excluding hydrogens is 286 g/mol. The summed E-state index contributed by atoms with van der Waals surface area (Å²) in [6.07, 6.45) is 2.43. The van der Waals surface area contributed by atoms with Crippen molar-refractivity contribution in [2.75, 3.05) is 6.61 Å². The van der Waals surface area contributed by atoms with Crippen molar-refractivity contribution in [1.29, 1.82) is 0 Å². The Balaban J connectivity index is 1.64. The minimum absolute atomic E-state index is 0.00320. The quantitative estimate of drug-likeness (QED) is 0.893. The van der Waals surface area contributed by atoms with E-state index in [0.717, 1.165) is 31.6 Å². The summed E-state index contributed by atoms with van der Waals surface area (Å²) in [5, 5.41) is 14.2. The Hall–Kier alpha value is -1.84. The van der Waals surface area contributed by atoms with Gasteiger partial charge in [-0.05, 0) is 42.5 Å². The molecule has 23 heavy (non-hydrogen) atoms. The van der Waals surface area contributed by atoms with E-state index in [1.807, 2.05) is 6.07 Å². The lowest BCUT2D eigenvalue weighted by atomic mass is 9.98. The molecule has 2 aromatic carbocycles. The molecule has 120 valence electrons. The monoisotopic (exact) mass is 309 g/mol. The molecule has 2 aliphatic rings. The van der Waals surface area contributed by atoms with Crippen LogP contribution in [0, 0.1) is 6.92 Å². The van der Waals surface area contributed by atoms with Gasteiger partial charge in [-0.2, -0.15) is 0 Å². The van der Waals surface area contributed by atoms with Gasteiger partial charge in [-0.3, -0.25) is 0 Å². The predicted molar refractivity (Wildman–Crippen MR) is 90.7 cm³/mol. The van der Waals surface area contributed by atoms with Gasteiger partial charge in [0.25, 0.3) is 0 Å². The normalized spacial score (nSPS) is 26.1. The van der Waals surface area contributed by atoms with Crippen molar-refractivity contribution in [3.63, 3.8) is 0 Å². The summed E-state index contributed by atoms with van der Waals surface area (Å²) in [5.41, 5.74) is 4.92. The molecule has 4 rings (SSSR count). The Labute approximate surface area is 137 Å². The molecule has 2 N–H and O–H groups in total. The highest BCUT2D eigenvalue weighted by Gasteiger charge is 2.33. The van der Waals surface area contributed by atoms with Crippen LogP contribution in [0.1, 0.15) is 47.2 Å². The van der Waals surface area contributed by atoms with Crippen molar-refractivity contribution >= 4 is 0 Å². The van der Waals surface area contributed by atoms with Crippen molar-refractivity contribution in [1.82, 2.24) is 5.32 Å². The van der Waals surface area contributed by atoms with Gasteiger partial charge in [0.2, 0.25) is 0 Å². The molecule has 3 unspecified atom stereocenters. The second-order valence-corrected chi connectivity index (χ2v) is 6.70. The summed E-state index contributed by atoms with van der Waals surface area (Å²) < 4.78 is 5.92. The van der Waals surface area contributed by atoms with Crippen LogP contribution in [0.4, 0.5) is 0 Å². The summed E-state index contributed by atoms with van der Waals surface area (Å²) in [6, 6.07) is 15.0. The van der Waals surface area contributed by atoms with Crippen LogP contribution in [0.25, 0.3) is 0 Å². The maximum Gasteiger partial charge on any atom is 0.124 e. The van der Waals surface area contributed by atoms with Crippen LogP contribution in [-0.2, 0) is 6.42 Å². The second kappa shape index (κ2) is 5.99. The number of aliphatic hydroxyl groups excluding tert-OH is 1. The standard InChI is InChI=1S/C20H23NO2/c1-13-8-9-16-17(7-4-10-23-19(16)11-13)21-20-15-6-3-2-5-14(15)12-18(20)22/h2-3,5-6,8-9,11,17-18,20-22H,4,7,10,12H2,1H3. The lowest BCUT2D eigenvalue weighted by molar-refractivity contribution is 0.133. The molecular formula is C20H23NO2. The van der Waals surface area contributed by atoms with Crippen molar-refractivity contribution in [3.8, 4) is 5.75 Å². The van der Waals surface area contributed by atoms with Crippen LogP contribution in [-0.4, -0.2) is 17.8 Å². The predicted octanol–water partition coefficient (Wildman–Crippen LogP) is 3.46. The lowest BCUT2D eigenvalue weighted by Gasteiger charge is -2.26. The molecule has 0 spiro atoms. The van der Waals surface area contributed by atoms with E-state index in [1.165, 1.54) is 22.3 Å². The van der Waals surface area contributed by atoms with Crippen LogP contribution < -0.4 is 10.1 Å². The molecule has 0 saturated heterocycles. The molecule has 0 amide bonds. The Morgan fingerprint density at radius 1 is 1.13 bits per heavy atom. The third kappa shape index (κ3) is 2.75. The molecule has 0 saturated carbocycles. The highest BCUT2D eigenvalue weighted by molar-refractivity contribution is 5.41. The summed E-state index contributed by atoms with van der Waals surface area (Å²) in [6.45, 7) is 2.85. The van der Waals surface area contributed by atoms with Gasteiger partial charge in [-0.15, -0.1) is 0 Å². The average molecular weight is 309 g/mol. The first-order valence-electron chi connectivity index (χ1n) is 8.47. The van der Waals surface area contributed by atoms with Crippen LogP contribution in [0.15, 0.2) is 42.5 Å². The van der Waals surface area contributed by atoms with Crippen molar-refractivity contribution in [2.45, 2.75) is 44.4 Å². The molecule has 0 fully saturated rings. The van der Waals surface area contributed by atoms with E-state index in [1.54, 1.807) is 0 Å². The van der Waals surface area contributed by atoms with E-state index < -0.39 is 0 Å². The van der Waals surface area contributed by atoms with Crippen LogP contribution >= 0.6 is 0 Å². The molecule has 1 aliphatic heterocycles. The molecule has 0 bridgehead atoms. The minimum Gasteiger partial charge on any atom is -0.493 e. The fourth-order valence-corrected chi connectivity index (χ4v) is 3.84. The van der Waals surface area contributed by atoms with E-state index in [9.17, 15) is 5.11 Å². The van der Waals surface area contributed by atoms with Crippen LogP contribution in [0.3, 0.4) is 0 Å². The smallest absolute Gasteiger partial charge is 0.124 e. The zero-order chi connectivity index (χ0) is 15.8. The Bertz CT molecular complexity index is 713. The average Bonchev–Trinajstić information content (AvgIpc) is 2.73. The highest BCUT2D eigenvalue weighted by Crippen LogP contribution is 2.37. The molecule has 1 aliphatic carbocycles. The van der Waals surface area contributed by atoms with Crippen molar-refractivity contribution in [2.24, 2.45) is 0 Å². The topological polar surface area (TPSA) is 41.5 Å². The summed E-state index contributed by atoms with van der Waals surface area (Å²) in [7, 11) is 0. The highest BCUT2D eigenvalue weighted by atomic mass is 16.5. The molecule has 0 aromatic heterocycles. The second-order valence-electron chi connectivity index (χ2n) is 6.70. The van der Waals surface area contributed by atoms with E-state index in [4.69, 9.17) is 4.74 Å². The zero-order valence-corrected chi connectivity index (χ0v) is 13.5. The number of hydrogen-bond acceptors (Lipinski definition) is 3. The molecule has 1 heterocycles. The Morgan fingerprint density at radius 3 is 2.91 bits per heavy atom. The number of hydrogen-bond donors (Lipinski definition) is 2. The largest absolute Gasteiger partial charge is 0.493 e. The summed E-state index contributed by atoms with van der Waals surface area (Å²) in [4.78, 5) is 0. The molecule has 0 radical (unpaired) electrons. The van der Waals surface area contributed by atoms with Gasteiger partial charge in [0.1, 0.15) is 5.75 Å². The van der Waals surface area contributed by atoms with E-state index in [2.05, 4.69) is 48.6 Å². The molecule has 3 atom stereocenters. The van der Waals surface area contributed by atoms with Gasteiger partial charge in [-0.25, -0.2) is 0 Å². The number of nitrogens with one attached hydrogen (secondary N) is 1. The number of ether oxygens (including phenoxy) is 1. The van der Waals surface area contributed by atoms with Gasteiger partial charge in [0.15, 0.2) is 0 Å². The van der Waals surface area contributed by atoms with Gasteiger partial charge in [-0.1, -0.05) is 36.4 Å². The Kier molecular flexibility index (Phi) is 3.83. The van der Waals surface area contributed by atoms with Gasteiger partial charge in [0.05, 0.1) is 18.8 Å². The first-order valence-corrected chi connectivity index (χ1v) is 8.47. The van der Waals surface area contributed by atoms with Gasteiger partial charge < -0.3 is 15.2 Å². The maximum absolute atomic E-state index is 10.5. The Morgan fingerprint density at radius 2 is 2.00 bits per heavy atom. The minimum atomic E-state index is -0.356. The van der Waals surface area contributed by atoms with Crippen molar-refractivity contribution in [3.05, 3.63) is 64.7 Å².